The molecule has 2 unspecified atom stereocenters. The number of anilines is 2. The summed E-state index contributed by atoms with van der Waals surface area (Å²) in [6.07, 6.45) is -0.615. The molecule has 1 aliphatic heterocycles. The van der Waals surface area contributed by atoms with Crippen molar-refractivity contribution in [2.24, 2.45) is 0 Å². The third-order valence-corrected chi connectivity index (χ3v) is 6.71. The van der Waals surface area contributed by atoms with Crippen molar-refractivity contribution >= 4 is 29.4 Å². The van der Waals surface area contributed by atoms with Gasteiger partial charge >= 0.3 is 156 Å². The van der Waals surface area contributed by atoms with Crippen molar-refractivity contribution < 1.29 is 29.0 Å². The zero-order valence-corrected chi connectivity index (χ0v) is 23.2. The van der Waals surface area contributed by atoms with Gasteiger partial charge in [0.1, 0.15) is 0 Å². The first kappa shape index (κ1) is 28.3. The van der Waals surface area contributed by atoms with Crippen molar-refractivity contribution in [3.8, 4) is 0 Å². The fraction of sp³-hybridized carbons (Fsp3) is 0.296. The van der Waals surface area contributed by atoms with Gasteiger partial charge < -0.3 is 10.2 Å². The second kappa shape index (κ2) is 13.3. The van der Waals surface area contributed by atoms with Crippen LogP contribution in [0.3, 0.4) is 0 Å². The van der Waals surface area contributed by atoms with E-state index in [1.165, 1.54) is 5.69 Å². The van der Waals surface area contributed by atoms with E-state index < -0.39 is 12.2 Å². The average molecular weight is 576 g/mol. The molecular weight excluding hydrogens is 540 g/mol. The first-order valence-electron chi connectivity index (χ1n) is 12.1. The maximum absolute atomic E-state index is 9.53. The molecule has 9 heteroatoms. The first-order chi connectivity index (χ1) is 17.2. The Hall–Kier alpha value is -2.24. The van der Waals surface area contributed by atoms with Crippen molar-refractivity contribution in [1.82, 2.24) is 9.62 Å². The van der Waals surface area contributed by atoms with Crippen LogP contribution >= 0.6 is 0 Å². The standard InChI is InChI=1S/C17H21B2N4.C10H14O2.Pd/c1-20(2)18-19(21(3)4)23(17-13-9-6-10-14-17)15-22(18)16-11-7-5-8-12-16;1-8(11)7-10(12)9-5-3-2-4-6-9;/h5-13H,1-4H3;2-6,8,10-12H,7H2,1H3;/q-1;;. The molecule has 2 atom stereocenters. The van der Waals surface area contributed by atoms with E-state index in [9.17, 15) is 5.11 Å². The molecule has 0 bridgehead atoms. The second-order valence-electron chi connectivity index (χ2n) is 9.33. The van der Waals surface area contributed by atoms with Gasteiger partial charge in [0.25, 0.3) is 0 Å². The van der Waals surface area contributed by atoms with Gasteiger partial charge in [0, 0.05) is 6.42 Å². The van der Waals surface area contributed by atoms with Gasteiger partial charge in [-0.05, 0) is 12.5 Å². The van der Waals surface area contributed by atoms with E-state index in [-0.39, 0.29) is 13.7 Å². The van der Waals surface area contributed by atoms with Gasteiger partial charge in [-0.2, -0.15) is 0 Å². The zero-order chi connectivity index (χ0) is 26.2. The van der Waals surface area contributed by atoms with Crippen molar-refractivity contribution in [3.05, 3.63) is 96.6 Å². The molecule has 2 N–H and O–H groups in total. The summed E-state index contributed by atoms with van der Waals surface area (Å²) < 4.78 is 1.06. The minimum atomic E-state index is -0.550. The number of hydrogen-bond donors (Lipinski definition) is 2. The predicted octanol–water partition coefficient (Wildman–Crippen LogP) is 3.12. The molecule has 1 fully saturated rings. The molecule has 0 radical (unpaired) electrons. The maximum atomic E-state index is 9.53. The number of benzene rings is 3. The van der Waals surface area contributed by atoms with E-state index in [4.69, 9.17) is 5.11 Å². The summed E-state index contributed by atoms with van der Waals surface area (Å²) in [4.78, 5) is 9.16. The number of nitrogens with zero attached hydrogens (tertiary/aromatic N) is 4. The van der Waals surface area contributed by atoms with Crippen LogP contribution in [0.5, 0.6) is 0 Å². The van der Waals surface area contributed by atoms with Crippen LogP contribution in [-0.4, -0.2) is 72.1 Å². The molecule has 3 aromatic rings. The van der Waals surface area contributed by atoms with Crippen LogP contribution in [0.2, 0.25) is 0 Å². The molecule has 6 nitrogen and oxygen atoms in total. The molecule has 36 heavy (non-hydrogen) atoms. The summed E-state index contributed by atoms with van der Waals surface area (Å²) in [6.45, 7) is 2.00. The van der Waals surface area contributed by atoms with Gasteiger partial charge in [-0.15, -0.1) is 0 Å². The summed E-state index contributed by atoms with van der Waals surface area (Å²) in [5, 5.41) is 18.6. The molecule has 3 aromatic carbocycles. The Kier molecular flexibility index (Phi) is 10.5. The van der Waals surface area contributed by atoms with Gasteiger partial charge in [0.2, 0.25) is 0 Å². The van der Waals surface area contributed by atoms with Gasteiger partial charge in [-0.25, -0.2) is 0 Å². The Morgan fingerprint density at radius 3 is 1.83 bits per heavy atom. The van der Waals surface area contributed by atoms with Crippen molar-refractivity contribution in [1.29, 1.82) is 0 Å². The Morgan fingerprint density at radius 2 is 1.33 bits per heavy atom. The number of rotatable bonds is 7. The van der Waals surface area contributed by atoms with Crippen LogP contribution in [0.1, 0.15) is 25.0 Å². The van der Waals surface area contributed by atoms with E-state index in [0.29, 0.717) is 6.42 Å². The van der Waals surface area contributed by atoms with Gasteiger partial charge in [-0.3, -0.25) is 0 Å². The van der Waals surface area contributed by atoms with Gasteiger partial charge in [0.05, 0.1) is 12.2 Å². The average Bonchev–Trinajstić information content (AvgIpc) is 3.19. The van der Waals surface area contributed by atoms with Crippen LogP contribution in [0.15, 0.2) is 84.9 Å². The SMILES string of the molecule is CC(O)CC(O)c1ccccc1.CN(C)B1B(N(C)C)N(c2ccccc2)[C](=[Pd])N1c1[c-]cccc1. The summed E-state index contributed by atoms with van der Waals surface area (Å²) in [6, 6.07) is 31.3. The molecule has 0 saturated carbocycles. The summed E-state index contributed by atoms with van der Waals surface area (Å²) in [7, 11) is 8.49. The van der Waals surface area contributed by atoms with E-state index in [0.717, 1.165) is 15.5 Å². The molecule has 1 aliphatic rings. The van der Waals surface area contributed by atoms with Crippen molar-refractivity contribution in [2.45, 2.75) is 25.6 Å². The molecule has 192 valence electrons. The minimum absolute atomic E-state index is 0.156. The second-order valence-corrected chi connectivity index (χ2v) is 10.0. The van der Waals surface area contributed by atoms with Crippen LogP contribution in [0, 0.1) is 6.07 Å². The van der Waals surface area contributed by atoms with Crippen LogP contribution in [0.4, 0.5) is 11.4 Å². The van der Waals surface area contributed by atoms with E-state index in [1.54, 1.807) is 6.92 Å². The molecule has 0 aromatic heterocycles. The van der Waals surface area contributed by atoms with E-state index in [2.05, 4.69) is 109 Å². The number of aliphatic hydroxyl groups is 2. The summed E-state index contributed by atoms with van der Waals surface area (Å²) in [5.41, 5.74) is 3.09. The molecule has 4 rings (SSSR count). The van der Waals surface area contributed by atoms with Crippen LogP contribution in [-0.2, 0) is 18.7 Å². The van der Waals surface area contributed by atoms with E-state index in [1.807, 2.05) is 48.5 Å². The van der Waals surface area contributed by atoms with E-state index >= 15 is 0 Å². The van der Waals surface area contributed by atoms with Gasteiger partial charge in [0.15, 0.2) is 0 Å². The molecular formula is C27H35B2N4O2Pd-. The van der Waals surface area contributed by atoms with Crippen LogP contribution in [0.25, 0.3) is 0 Å². The normalized spacial score (nSPS) is 15.4. The molecule has 0 amide bonds. The number of hydrogen-bond acceptors (Lipinski definition) is 6. The molecule has 0 spiro atoms. The Labute approximate surface area is 227 Å². The monoisotopic (exact) mass is 575 g/mol. The Balaban J connectivity index is 0.000000253. The quantitative estimate of drug-likeness (QED) is 0.334. The van der Waals surface area contributed by atoms with Crippen molar-refractivity contribution in [3.63, 3.8) is 0 Å². The topological polar surface area (TPSA) is 53.4 Å². The fourth-order valence-electron chi connectivity index (χ4n) is 4.32. The molecule has 0 aliphatic carbocycles. The Morgan fingerprint density at radius 1 is 0.806 bits per heavy atom. The van der Waals surface area contributed by atoms with Crippen LogP contribution < -0.4 is 9.62 Å². The third-order valence-electron chi connectivity index (χ3n) is 5.96. The first-order valence-corrected chi connectivity index (χ1v) is 12.8. The summed E-state index contributed by atoms with van der Waals surface area (Å²) >= 11 is 3.52. The van der Waals surface area contributed by atoms with Crippen molar-refractivity contribution in [2.75, 3.05) is 37.8 Å². The molecule has 1 saturated heterocycles. The summed E-state index contributed by atoms with van der Waals surface area (Å²) in [5.74, 6) is 0. The third kappa shape index (κ3) is 6.95. The number of aliphatic hydroxyl groups excluding tert-OH is 2. The van der Waals surface area contributed by atoms with Gasteiger partial charge in [-0.1, -0.05) is 30.3 Å². The Bertz CT molecular complexity index is 1020. The molecule has 1 heterocycles. The zero-order valence-electron chi connectivity index (χ0n) is 21.6. The fourth-order valence-corrected chi connectivity index (χ4v) is 5.12. The predicted molar refractivity (Wildman–Crippen MR) is 148 cm³/mol. The number of para-hydroxylation sites is 2.